The number of aromatic amines is 1. The van der Waals surface area contributed by atoms with Gasteiger partial charge in [-0.25, -0.2) is 4.68 Å². The van der Waals surface area contributed by atoms with E-state index >= 15 is 0 Å². The molecule has 0 amide bonds. The SMILES string of the molecule is COc1ccc(OC)c([C@H]2CCCN2Cn2[nH]c(-c3ccccc3)nc2=S)c1. The number of ether oxygens (including phenoxy) is 2. The molecule has 1 aromatic heterocycles. The minimum Gasteiger partial charge on any atom is -0.497 e. The molecule has 1 fully saturated rings. The Balaban J connectivity index is 1.61. The highest BCUT2D eigenvalue weighted by atomic mass is 32.1. The molecule has 3 aromatic rings. The van der Waals surface area contributed by atoms with E-state index in [1.165, 1.54) is 0 Å². The molecule has 1 aliphatic rings. The number of rotatable bonds is 6. The fourth-order valence-electron chi connectivity index (χ4n) is 3.81. The van der Waals surface area contributed by atoms with Gasteiger partial charge in [-0.2, -0.15) is 4.98 Å². The van der Waals surface area contributed by atoms with Crippen LogP contribution in [0.4, 0.5) is 0 Å². The molecule has 1 saturated heterocycles. The van der Waals surface area contributed by atoms with E-state index in [2.05, 4.69) is 21.0 Å². The van der Waals surface area contributed by atoms with E-state index in [0.717, 1.165) is 47.8 Å². The van der Waals surface area contributed by atoms with Crippen LogP contribution in [0, 0.1) is 4.77 Å². The number of nitrogens with one attached hydrogen (secondary N) is 1. The number of likely N-dealkylation sites (tertiary alicyclic amines) is 1. The van der Waals surface area contributed by atoms with Crippen molar-refractivity contribution in [2.75, 3.05) is 20.8 Å². The number of aromatic nitrogens is 3. The maximum atomic E-state index is 5.61. The van der Waals surface area contributed by atoms with Gasteiger partial charge in [-0.05, 0) is 43.3 Å². The second kappa shape index (κ2) is 8.16. The Bertz CT molecular complexity index is 999. The summed E-state index contributed by atoms with van der Waals surface area (Å²) in [4.78, 5) is 6.94. The molecule has 0 spiro atoms. The van der Waals surface area contributed by atoms with Crippen LogP contribution in [-0.2, 0) is 6.67 Å². The summed E-state index contributed by atoms with van der Waals surface area (Å²) in [5.74, 6) is 2.52. The molecule has 28 heavy (non-hydrogen) atoms. The third-order valence-corrected chi connectivity index (χ3v) is 5.52. The number of hydrogen-bond acceptors (Lipinski definition) is 5. The molecule has 7 heteroatoms. The van der Waals surface area contributed by atoms with E-state index < -0.39 is 0 Å². The fraction of sp³-hybridized carbons (Fsp3) is 0.333. The average Bonchev–Trinajstić information content (AvgIpc) is 3.35. The molecule has 0 unspecified atom stereocenters. The van der Waals surface area contributed by atoms with Crippen LogP contribution in [0.15, 0.2) is 48.5 Å². The van der Waals surface area contributed by atoms with E-state index in [1.54, 1.807) is 14.2 Å². The number of benzene rings is 2. The van der Waals surface area contributed by atoms with Gasteiger partial charge >= 0.3 is 0 Å². The Morgan fingerprint density at radius 1 is 1.14 bits per heavy atom. The summed E-state index contributed by atoms with van der Waals surface area (Å²) in [5.41, 5.74) is 2.17. The molecular weight excluding hydrogens is 372 g/mol. The molecular formula is C21H24N4O2S. The highest BCUT2D eigenvalue weighted by molar-refractivity contribution is 7.71. The molecule has 6 nitrogen and oxygen atoms in total. The largest absolute Gasteiger partial charge is 0.497 e. The van der Waals surface area contributed by atoms with Crippen LogP contribution in [0.5, 0.6) is 11.5 Å². The summed E-state index contributed by atoms with van der Waals surface area (Å²) in [7, 11) is 3.40. The summed E-state index contributed by atoms with van der Waals surface area (Å²) >= 11 is 5.50. The van der Waals surface area contributed by atoms with Gasteiger partial charge in [-0.15, -0.1) is 0 Å². The van der Waals surface area contributed by atoms with Gasteiger partial charge in [-0.3, -0.25) is 10.00 Å². The molecule has 2 heterocycles. The maximum absolute atomic E-state index is 5.61. The second-order valence-corrected chi connectivity index (χ2v) is 7.23. The highest BCUT2D eigenvalue weighted by Crippen LogP contribution is 2.39. The minimum absolute atomic E-state index is 0.246. The quantitative estimate of drug-likeness (QED) is 0.625. The maximum Gasteiger partial charge on any atom is 0.217 e. The van der Waals surface area contributed by atoms with Crippen molar-refractivity contribution in [2.24, 2.45) is 0 Å². The van der Waals surface area contributed by atoms with E-state index in [9.17, 15) is 0 Å². The van der Waals surface area contributed by atoms with Gasteiger partial charge in [0, 0.05) is 23.7 Å². The zero-order valence-corrected chi connectivity index (χ0v) is 16.9. The van der Waals surface area contributed by atoms with Crippen molar-refractivity contribution in [1.82, 2.24) is 19.7 Å². The summed E-state index contributed by atoms with van der Waals surface area (Å²) < 4.78 is 13.5. The fourth-order valence-corrected chi connectivity index (χ4v) is 4.00. The molecule has 0 saturated carbocycles. The van der Waals surface area contributed by atoms with Crippen LogP contribution in [0.3, 0.4) is 0 Å². The van der Waals surface area contributed by atoms with Crippen molar-refractivity contribution in [3.63, 3.8) is 0 Å². The molecule has 146 valence electrons. The molecule has 0 bridgehead atoms. The van der Waals surface area contributed by atoms with Crippen LogP contribution >= 0.6 is 12.2 Å². The van der Waals surface area contributed by atoms with Crippen molar-refractivity contribution < 1.29 is 9.47 Å². The Morgan fingerprint density at radius 3 is 2.71 bits per heavy atom. The smallest absolute Gasteiger partial charge is 0.217 e. The van der Waals surface area contributed by atoms with Crippen LogP contribution in [0.1, 0.15) is 24.4 Å². The Morgan fingerprint density at radius 2 is 1.96 bits per heavy atom. The predicted octanol–water partition coefficient (Wildman–Crippen LogP) is 4.42. The molecule has 0 radical (unpaired) electrons. The lowest BCUT2D eigenvalue weighted by molar-refractivity contribution is 0.187. The molecule has 4 rings (SSSR count). The predicted molar refractivity (Wildman–Crippen MR) is 111 cm³/mol. The lowest BCUT2D eigenvalue weighted by Crippen LogP contribution is -2.27. The number of hydrogen-bond donors (Lipinski definition) is 1. The molecule has 1 N–H and O–H groups in total. The van der Waals surface area contributed by atoms with Crippen molar-refractivity contribution in [3.8, 4) is 22.9 Å². The van der Waals surface area contributed by atoms with Crippen molar-refractivity contribution >= 4 is 12.2 Å². The number of H-pyrrole nitrogens is 1. The van der Waals surface area contributed by atoms with E-state index in [4.69, 9.17) is 21.7 Å². The van der Waals surface area contributed by atoms with Crippen LogP contribution in [-0.4, -0.2) is 40.4 Å². The third-order valence-electron chi connectivity index (χ3n) is 5.21. The van der Waals surface area contributed by atoms with Crippen LogP contribution < -0.4 is 9.47 Å². The summed E-state index contributed by atoms with van der Waals surface area (Å²) in [6.45, 7) is 1.65. The number of methoxy groups -OCH3 is 2. The lowest BCUT2D eigenvalue weighted by Gasteiger charge is -2.26. The Hall–Kier alpha value is -2.64. The minimum atomic E-state index is 0.246. The van der Waals surface area contributed by atoms with Gasteiger partial charge in [0.1, 0.15) is 11.5 Å². The van der Waals surface area contributed by atoms with Gasteiger partial charge in [0.15, 0.2) is 5.82 Å². The normalized spacial score (nSPS) is 17.0. The third kappa shape index (κ3) is 3.68. The summed E-state index contributed by atoms with van der Waals surface area (Å²) in [6, 6.07) is 16.3. The summed E-state index contributed by atoms with van der Waals surface area (Å²) in [5, 5.41) is 3.35. The molecule has 0 aliphatic carbocycles. The molecule has 2 aromatic carbocycles. The highest BCUT2D eigenvalue weighted by Gasteiger charge is 2.29. The number of nitrogens with zero attached hydrogens (tertiary/aromatic N) is 3. The summed E-state index contributed by atoms with van der Waals surface area (Å²) in [6.07, 6.45) is 2.19. The van der Waals surface area contributed by atoms with Crippen molar-refractivity contribution in [3.05, 3.63) is 58.9 Å². The van der Waals surface area contributed by atoms with Gasteiger partial charge < -0.3 is 9.47 Å². The van der Waals surface area contributed by atoms with Crippen LogP contribution in [0.25, 0.3) is 11.4 Å². The Labute approximate surface area is 169 Å². The second-order valence-electron chi connectivity index (χ2n) is 6.87. The standard InChI is InChI=1S/C21H24N4O2S/c1-26-16-10-11-19(27-2)17(13-16)18-9-6-12-24(18)14-25-21(28)22-20(23-25)15-7-4-3-5-8-15/h3-5,7-8,10-11,13,18H,6,9,12,14H2,1-2H3,(H,22,23,28)/t18-/m1/s1. The Kier molecular flexibility index (Phi) is 5.45. The zero-order valence-electron chi connectivity index (χ0n) is 16.1. The van der Waals surface area contributed by atoms with E-state index in [1.807, 2.05) is 47.1 Å². The van der Waals surface area contributed by atoms with Crippen molar-refractivity contribution in [1.29, 1.82) is 0 Å². The first kappa shape index (κ1) is 18.7. The van der Waals surface area contributed by atoms with E-state index in [-0.39, 0.29) is 6.04 Å². The zero-order chi connectivity index (χ0) is 19.5. The van der Waals surface area contributed by atoms with Gasteiger partial charge in [0.2, 0.25) is 4.77 Å². The molecule has 1 atom stereocenters. The van der Waals surface area contributed by atoms with E-state index in [0.29, 0.717) is 11.4 Å². The van der Waals surface area contributed by atoms with Gasteiger partial charge in [0.05, 0.1) is 20.9 Å². The monoisotopic (exact) mass is 396 g/mol. The topological polar surface area (TPSA) is 55.3 Å². The first-order valence-corrected chi connectivity index (χ1v) is 9.78. The van der Waals surface area contributed by atoms with Crippen LogP contribution in [0.2, 0.25) is 0 Å². The molecule has 1 aliphatic heterocycles. The first-order chi connectivity index (χ1) is 13.7. The first-order valence-electron chi connectivity index (χ1n) is 9.38. The van der Waals surface area contributed by atoms with Gasteiger partial charge in [-0.1, -0.05) is 30.3 Å². The van der Waals surface area contributed by atoms with Crippen molar-refractivity contribution in [2.45, 2.75) is 25.6 Å². The lowest BCUT2D eigenvalue weighted by atomic mass is 10.0. The van der Waals surface area contributed by atoms with Gasteiger partial charge in [0.25, 0.3) is 0 Å². The average molecular weight is 397 g/mol.